The molecule has 0 radical (unpaired) electrons. The van der Waals surface area contributed by atoms with Crippen molar-refractivity contribution >= 4 is 23.4 Å². The SMILES string of the molecule is Cc1ccc(C)n1-c1cc(C(=O)N2CCC=C(c3ccc(C(=O)O)cc3)C2)ccc1C(=O)O. The molecule has 1 aliphatic heterocycles. The fourth-order valence-corrected chi connectivity index (χ4v) is 4.21. The second-order valence-corrected chi connectivity index (χ2v) is 8.12. The Hall–Kier alpha value is -4.13. The number of benzene rings is 2. The van der Waals surface area contributed by atoms with Crippen LogP contribution in [0.5, 0.6) is 0 Å². The van der Waals surface area contributed by atoms with Crippen molar-refractivity contribution in [3.8, 4) is 5.69 Å². The molecule has 1 aliphatic rings. The van der Waals surface area contributed by atoms with Crippen LogP contribution in [0.3, 0.4) is 0 Å². The summed E-state index contributed by atoms with van der Waals surface area (Å²) in [6.45, 7) is 4.73. The Morgan fingerprint density at radius 1 is 0.818 bits per heavy atom. The minimum absolute atomic E-state index is 0.131. The molecule has 2 N–H and O–H groups in total. The molecule has 7 nitrogen and oxygen atoms in total. The summed E-state index contributed by atoms with van der Waals surface area (Å²) in [6, 6.07) is 15.1. The van der Waals surface area contributed by atoms with Gasteiger partial charge in [0.2, 0.25) is 0 Å². The molecule has 0 spiro atoms. The maximum absolute atomic E-state index is 13.4. The van der Waals surface area contributed by atoms with Crippen LogP contribution in [0.1, 0.15) is 54.4 Å². The van der Waals surface area contributed by atoms with E-state index in [9.17, 15) is 19.5 Å². The monoisotopic (exact) mass is 444 g/mol. The van der Waals surface area contributed by atoms with E-state index in [0.717, 1.165) is 22.5 Å². The lowest BCUT2D eigenvalue weighted by Crippen LogP contribution is -2.35. The second kappa shape index (κ2) is 8.78. The first-order valence-corrected chi connectivity index (χ1v) is 10.6. The Labute approximate surface area is 191 Å². The third-order valence-electron chi connectivity index (χ3n) is 5.93. The van der Waals surface area contributed by atoms with Gasteiger partial charge >= 0.3 is 11.9 Å². The number of hydrogen-bond acceptors (Lipinski definition) is 3. The first-order valence-electron chi connectivity index (χ1n) is 10.6. The third kappa shape index (κ3) is 4.30. The molecule has 0 unspecified atom stereocenters. The molecule has 0 saturated heterocycles. The van der Waals surface area contributed by atoms with Gasteiger partial charge in [0.05, 0.1) is 16.8 Å². The molecule has 33 heavy (non-hydrogen) atoms. The van der Waals surface area contributed by atoms with Gasteiger partial charge in [0, 0.05) is 30.0 Å². The summed E-state index contributed by atoms with van der Waals surface area (Å²) in [4.78, 5) is 38.0. The van der Waals surface area contributed by atoms with Crippen molar-refractivity contribution in [3.63, 3.8) is 0 Å². The van der Waals surface area contributed by atoms with Crippen LogP contribution in [0.2, 0.25) is 0 Å². The van der Waals surface area contributed by atoms with Crippen molar-refractivity contribution in [1.29, 1.82) is 0 Å². The minimum atomic E-state index is -1.05. The number of carbonyl (C=O) groups is 3. The van der Waals surface area contributed by atoms with E-state index in [1.165, 1.54) is 6.07 Å². The number of carbonyl (C=O) groups excluding carboxylic acids is 1. The molecular weight excluding hydrogens is 420 g/mol. The maximum atomic E-state index is 13.4. The van der Waals surface area contributed by atoms with Gasteiger partial charge in [-0.25, -0.2) is 9.59 Å². The highest BCUT2D eigenvalue weighted by molar-refractivity contribution is 5.99. The molecule has 0 bridgehead atoms. The van der Waals surface area contributed by atoms with Crippen molar-refractivity contribution in [2.75, 3.05) is 13.1 Å². The van der Waals surface area contributed by atoms with Gasteiger partial charge in [-0.15, -0.1) is 0 Å². The summed E-state index contributed by atoms with van der Waals surface area (Å²) in [5.74, 6) is -2.21. The van der Waals surface area contributed by atoms with E-state index >= 15 is 0 Å². The van der Waals surface area contributed by atoms with E-state index in [2.05, 4.69) is 6.08 Å². The summed E-state index contributed by atoms with van der Waals surface area (Å²) < 4.78 is 1.84. The smallest absolute Gasteiger partial charge is 0.337 e. The number of hydrogen-bond donors (Lipinski definition) is 2. The van der Waals surface area contributed by atoms with E-state index in [1.807, 2.05) is 30.5 Å². The molecule has 4 rings (SSSR count). The van der Waals surface area contributed by atoms with Gasteiger partial charge in [0.15, 0.2) is 0 Å². The van der Waals surface area contributed by atoms with Gasteiger partial charge in [-0.3, -0.25) is 4.79 Å². The largest absolute Gasteiger partial charge is 0.478 e. The number of rotatable bonds is 5. The predicted molar refractivity (Wildman–Crippen MR) is 124 cm³/mol. The van der Waals surface area contributed by atoms with E-state index in [0.29, 0.717) is 30.8 Å². The van der Waals surface area contributed by atoms with E-state index in [4.69, 9.17) is 5.11 Å². The van der Waals surface area contributed by atoms with Crippen molar-refractivity contribution in [3.05, 3.63) is 94.3 Å². The number of amides is 1. The lowest BCUT2D eigenvalue weighted by atomic mass is 9.99. The van der Waals surface area contributed by atoms with Crippen molar-refractivity contribution in [1.82, 2.24) is 9.47 Å². The van der Waals surface area contributed by atoms with Crippen LogP contribution in [0, 0.1) is 13.8 Å². The molecule has 2 aromatic carbocycles. The summed E-state index contributed by atoms with van der Waals surface area (Å²) in [5, 5.41) is 18.8. The summed E-state index contributed by atoms with van der Waals surface area (Å²) in [6.07, 6.45) is 2.74. The third-order valence-corrected chi connectivity index (χ3v) is 5.93. The lowest BCUT2D eigenvalue weighted by molar-refractivity contribution is 0.0686. The highest BCUT2D eigenvalue weighted by Gasteiger charge is 2.23. The normalized spacial score (nSPS) is 13.5. The first-order chi connectivity index (χ1) is 15.8. The maximum Gasteiger partial charge on any atom is 0.337 e. The summed E-state index contributed by atoms with van der Waals surface area (Å²) in [5.41, 5.74) is 4.82. The molecule has 2 heterocycles. The zero-order valence-corrected chi connectivity index (χ0v) is 18.4. The molecule has 3 aromatic rings. The molecule has 0 saturated carbocycles. The molecule has 0 aliphatic carbocycles. The van der Waals surface area contributed by atoms with Gasteiger partial charge in [-0.2, -0.15) is 0 Å². The van der Waals surface area contributed by atoms with E-state index in [-0.39, 0.29) is 17.0 Å². The van der Waals surface area contributed by atoms with Crippen LogP contribution < -0.4 is 0 Å². The Kier molecular flexibility index (Phi) is 5.87. The van der Waals surface area contributed by atoms with Gasteiger partial charge in [0.1, 0.15) is 0 Å². The van der Waals surface area contributed by atoms with Gasteiger partial charge in [0.25, 0.3) is 5.91 Å². The number of aromatic nitrogens is 1. The zero-order chi connectivity index (χ0) is 23.7. The quantitative estimate of drug-likeness (QED) is 0.607. The Morgan fingerprint density at radius 2 is 1.45 bits per heavy atom. The Morgan fingerprint density at radius 3 is 2.06 bits per heavy atom. The lowest BCUT2D eigenvalue weighted by Gasteiger charge is -2.28. The highest BCUT2D eigenvalue weighted by atomic mass is 16.4. The van der Waals surface area contributed by atoms with Crippen molar-refractivity contribution in [2.45, 2.75) is 20.3 Å². The van der Waals surface area contributed by atoms with Crippen LogP contribution in [0.4, 0.5) is 0 Å². The first kappa shape index (κ1) is 22.1. The zero-order valence-electron chi connectivity index (χ0n) is 18.4. The predicted octanol–water partition coefficient (Wildman–Crippen LogP) is 4.42. The molecular formula is C26H24N2O5. The van der Waals surface area contributed by atoms with Gasteiger partial charge in [-0.05, 0) is 73.9 Å². The fourth-order valence-electron chi connectivity index (χ4n) is 4.21. The molecule has 0 atom stereocenters. The van der Waals surface area contributed by atoms with Gasteiger partial charge in [-0.1, -0.05) is 18.2 Å². The van der Waals surface area contributed by atoms with Crippen LogP contribution in [-0.4, -0.2) is 50.6 Å². The van der Waals surface area contributed by atoms with Crippen LogP contribution in [0.25, 0.3) is 11.3 Å². The Balaban J connectivity index is 1.63. The molecule has 1 amide bonds. The number of carboxylic acids is 2. The van der Waals surface area contributed by atoms with Crippen molar-refractivity contribution < 1.29 is 24.6 Å². The Bertz CT molecular complexity index is 1270. The van der Waals surface area contributed by atoms with Crippen LogP contribution >= 0.6 is 0 Å². The van der Waals surface area contributed by atoms with Crippen LogP contribution in [-0.2, 0) is 0 Å². The highest BCUT2D eigenvalue weighted by Crippen LogP contribution is 2.26. The summed E-state index contributed by atoms with van der Waals surface area (Å²) in [7, 11) is 0. The van der Waals surface area contributed by atoms with E-state index in [1.54, 1.807) is 41.3 Å². The molecule has 7 heteroatoms. The van der Waals surface area contributed by atoms with Crippen LogP contribution in [0.15, 0.2) is 60.7 Å². The molecule has 168 valence electrons. The summed E-state index contributed by atoms with van der Waals surface area (Å²) >= 11 is 0. The molecule has 0 fully saturated rings. The number of aromatic carboxylic acids is 2. The average molecular weight is 444 g/mol. The average Bonchev–Trinajstić information content (AvgIpc) is 3.15. The standard InChI is InChI=1S/C26H24N2O5/c1-16-5-6-17(2)28(16)23-14-20(11-12-22(23)26(32)33)24(29)27-13-3-4-21(15-27)18-7-9-19(10-8-18)25(30)31/h4-12,14H,3,13,15H2,1-2H3,(H,30,31)(H,32,33). The number of nitrogens with zero attached hydrogens (tertiary/aromatic N) is 2. The second-order valence-electron chi connectivity index (χ2n) is 8.12. The number of carboxylic acid groups (broad SMARTS) is 2. The minimum Gasteiger partial charge on any atom is -0.478 e. The number of aryl methyl sites for hydroxylation is 2. The fraction of sp³-hybridized carbons (Fsp3) is 0.192. The molecule has 1 aromatic heterocycles. The van der Waals surface area contributed by atoms with Crippen molar-refractivity contribution in [2.24, 2.45) is 0 Å². The van der Waals surface area contributed by atoms with E-state index < -0.39 is 11.9 Å². The van der Waals surface area contributed by atoms with Gasteiger partial charge < -0.3 is 19.7 Å². The topological polar surface area (TPSA) is 99.8 Å².